The van der Waals surface area contributed by atoms with Gasteiger partial charge in [0.1, 0.15) is 11.1 Å². The fraction of sp³-hybridized carbons (Fsp3) is 0.786. The highest BCUT2D eigenvalue weighted by Gasteiger charge is 2.34. The van der Waals surface area contributed by atoms with Crippen LogP contribution in [0.2, 0.25) is 0 Å². The second kappa shape index (κ2) is 5.87. The molecule has 3 heterocycles. The molecule has 1 aromatic heterocycles. The molecule has 0 bridgehead atoms. The summed E-state index contributed by atoms with van der Waals surface area (Å²) in [6.07, 6.45) is 2.81. The van der Waals surface area contributed by atoms with Gasteiger partial charge in [-0.2, -0.15) is 0 Å². The first kappa shape index (κ1) is 13.5. The zero-order valence-electron chi connectivity index (χ0n) is 11.8. The molecule has 19 heavy (non-hydrogen) atoms. The van der Waals surface area contributed by atoms with Gasteiger partial charge in [-0.05, 0) is 32.9 Å². The van der Waals surface area contributed by atoms with E-state index in [9.17, 15) is 0 Å². The number of nitrogens with zero attached hydrogens (tertiary/aromatic N) is 2. The molecular formula is C14H23N3OS. The number of nitrogens with one attached hydrogen (secondary N) is 1. The summed E-state index contributed by atoms with van der Waals surface area (Å²) in [5, 5.41) is 4.54. The maximum absolute atomic E-state index is 6.04. The van der Waals surface area contributed by atoms with Gasteiger partial charge in [0.2, 0.25) is 0 Å². The van der Waals surface area contributed by atoms with Crippen LogP contribution in [0.3, 0.4) is 0 Å². The molecule has 0 saturated carbocycles. The minimum absolute atomic E-state index is 0.188. The molecule has 0 spiro atoms. The van der Waals surface area contributed by atoms with E-state index in [1.54, 1.807) is 0 Å². The SMILES string of the molecule is CCNCc1sc(C2CN3CCCC3CO2)nc1C. The van der Waals surface area contributed by atoms with Crippen molar-refractivity contribution in [1.82, 2.24) is 15.2 Å². The van der Waals surface area contributed by atoms with E-state index in [-0.39, 0.29) is 6.10 Å². The van der Waals surface area contributed by atoms with Crippen molar-refractivity contribution in [3.63, 3.8) is 0 Å². The molecule has 2 aliphatic heterocycles. The predicted octanol–water partition coefficient (Wildman–Crippen LogP) is 2.10. The van der Waals surface area contributed by atoms with Crippen molar-refractivity contribution in [2.45, 2.75) is 45.4 Å². The largest absolute Gasteiger partial charge is 0.368 e. The van der Waals surface area contributed by atoms with Gasteiger partial charge in [-0.3, -0.25) is 4.90 Å². The molecule has 0 aromatic carbocycles. The summed E-state index contributed by atoms with van der Waals surface area (Å²) >= 11 is 1.81. The van der Waals surface area contributed by atoms with Crippen LogP contribution in [0.1, 0.15) is 41.4 Å². The Morgan fingerprint density at radius 2 is 2.42 bits per heavy atom. The van der Waals surface area contributed by atoms with Gasteiger partial charge in [0.25, 0.3) is 0 Å². The second-order valence-corrected chi connectivity index (χ2v) is 6.57. The molecule has 1 N–H and O–H groups in total. The Balaban J connectivity index is 1.68. The molecule has 2 fully saturated rings. The van der Waals surface area contributed by atoms with Crippen molar-refractivity contribution in [3.05, 3.63) is 15.6 Å². The Bertz CT molecular complexity index is 434. The van der Waals surface area contributed by atoms with E-state index in [2.05, 4.69) is 24.1 Å². The first-order chi connectivity index (χ1) is 9.28. The molecule has 4 nitrogen and oxygen atoms in total. The summed E-state index contributed by atoms with van der Waals surface area (Å²) < 4.78 is 6.04. The van der Waals surface area contributed by atoms with Crippen LogP contribution in [0.15, 0.2) is 0 Å². The lowest BCUT2D eigenvalue weighted by Gasteiger charge is -2.34. The lowest BCUT2D eigenvalue weighted by atomic mass is 10.2. The Hall–Kier alpha value is -0.490. The molecule has 2 atom stereocenters. The van der Waals surface area contributed by atoms with E-state index in [0.717, 1.165) is 36.9 Å². The van der Waals surface area contributed by atoms with E-state index < -0.39 is 0 Å². The van der Waals surface area contributed by atoms with Crippen molar-refractivity contribution in [2.24, 2.45) is 0 Å². The summed E-state index contributed by atoms with van der Waals surface area (Å²) in [6, 6.07) is 0.665. The average molecular weight is 281 g/mol. The highest BCUT2D eigenvalue weighted by atomic mass is 32.1. The summed E-state index contributed by atoms with van der Waals surface area (Å²) in [5.41, 5.74) is 1.16. The Morgan fingerprint density at radius 3 is 3.26 bits per heavy atom. The van der Waals surface area contributed by atoms with Crippen molar-refractivity contribution in [1.29, 1.82) is 0 Å². The fourth-order valence-electron chi connectivity index (χ4n) is 2.96. The van der Waals surface area contributed by atoms with Gasteiger partial charge in [-0.1, -0.05) is 6.92 Å². The Morgan fingerprint density at radius 1 is 1.53 bits per heavy atom. The van der Waals surface area contributed by atoms with Crippen LogP contribution in [-0.4, -0.2) is 42.2 Å². The molecule has 106 valence electrons. The number of aryl methyl sites for hydroxylation is 1. The maximum Gasteiger partial charge on any atom is 0.123 e. The van der Waals surface area contributed by atoms with Crippen LogP contribution >= 0.6 is 11.3 Å². The van der Waals surface area contributed by atoms with Crippen LogP contribution in [0.25, 0.3) is 0 Å². The molecular weight excluding hydrogens is 258 g/mol. The molecule has 1 aromatic rings. The lowest BCUT2D eigenvalue weighted by Crippen LogP contribution is -2.42. The summed E-state index contributed by atoms with van der Waals surface area (Å²) in [5.74, 6) is 0. The van der Waals surface area contributed by atoms with E-state index in [0.29, 0.717) is 6.04 Å². The van der Waals surface area contributed by atoms with Gasteiger partial charge in [-0.15, -0.1) is 11.3 Å². The third kappa shape index (κ3) is 2.84. The zero-order valence-corrected chi connectivity index (χ0v) is 12.6. The van der Waals surface area contributed by atoms with Crippen molar-refractivity contribution in [2.75, 3.05) is 26.2 Å². The lowest BCUT2D eigenvalue weighted by molar-refractivity contribution is -0.0502. The van der Waals surface area contributed by atoms with Gasteiger partial charge in [0.05, 0.1) is 12.3 Å². The third-order valence-electron chi connectivity index (χ3n) is 4.11. The van der Waals surface area contributed by atoms with Crippen LogP contribution in [0.4, 0.5) is 0 Å². The highest BCUT2D eigenvalue weighted by Crippen LogP contribution is 2.33. The molecule has 0 amide bonds. The first-order valence-electron chi connectivity index (χ1n) is 7.30. The van der Waals surface area contributed by atoms with Gasteiger partial charge < -0.3 is 10.1 Å². The number of thiazole rings is 1. The Kier molecular flexibility index (Phi) is 4.17. The number of ether oxygens (including phenoxy) is 1. The third-order valence-corrected chi connectivity index (χ3v) is 5.36. The molecule has 2 unspecified atom stereocenters. The second-order valence-electron chi connectivity index (χ2n) is 5.45. The van der Waals surface area contributed by atoms with Gasteiger partial charge in [0.15, 0.2) is 0 Å². The molecule has 2 saturated heterocycles. The number of hydrogen-bond acceptors (Lipinski definition) is 5. The van der Waals surface area contributed by atoms with Crippen LogP contribution < -0.4 is 5.32 Å². The number of rotatable bonds is 4. The molecule has 2 aliphatic rings. The van der Waals surface area contributed by atoms with Gasteiger partial charge >= 0.3 is 0 Å². The smallest absolute Gasteiger partial charge is 0.123 e. The first-order valence-corrected chi connectivity index (χ1v) is 8.12. The Labute approximate surface area is 119 Å². The van der Waals surface area contributed by atoms with Crippen LogP contribution in [0.5, 0.6) is 0 Å². The minimum atomic E-state index is 0.188. The predicted molar refractivity (Wildman–Crippen MR) is 77.5 cm³/mol. The standard InChI is InChI=1S/C14H23N3OS/c1-3-15-7-13-10(2)16-14(19-13)12-8-17-6-4-5-11(17)9-18-12/h11-12,15H,3-9H2,1-2H3. The van der Waals surface area contributed by atoms with Crippen LogP contribution in [0, 0.1) is 6.92 Å². The normalized spacial score (nSPS) is 27.7. The summed E-state index contributed by atoms with van der Waals surface area (Å²) in [6.45, 7) is 9.31. The minimum Gasteiger partial charge on any atom is -0.368 e. The zero-order chi connectivity index (χ0) is 13.2. The number of aromatic nitrogens is 1. The summed E-state index contributed by atoms with van der Waals surface area (Å²) in [4.78, 5) is 8.66. The number of morpholine rings is 1. The molecule has 0 aliphatic carbocycles. The van der Waals surface area contributed by atoms with E-state index >= 15 is 0 Å². The maximum atomic E-state index is 6.04. The van der Waals surface area contributed by atoms with E-state index in [4.69, 9.17) is 9.72 Å². The monoisotopic (exact) mass is 281 g/mol. The topological polar surface area (TPSA) is 37.4 Å². The van der Waals surface area contributed by atoms with Gasteiger partial charge in [-0.25, -0.2) is 4.98 Å². The van der Waals surface area contributed by atoms with Crippen LogP contribution in [-0.2, 0) is 11.3 Å². The van der Waals surface area contributed by atoms with E-state index in [1.807, 2.05) is 11.3 Å². The quantitative estimate of drug-likeness (QED) is 0.917. The molecule has 5 heteroatoms. The summed E-state index contributed by atoms with van der Waals surface area (Å²) in [7, 11) is 0. The fourth-order valence-corrected chi connectivity index (χ4v) is 4.03. The van der Waals surface area contributed by atoms with Gasteiger partial charge in [0, 0.05) is 24.0 Å². The van der Waals surface area contributed by atoms with Crippen molar-refractivity contribution in [3.8, 4) is 0 Å². The average Bonchev–Trinajstić information content (AvgIpc) is 3.02. The van der Waals surface area contributed by atoms with Crippen molar-refractivity contribution < 1.29 is 4.74 Å². The number of hydrogen-bond donors (Lipinski definition) is 1. The molecule has 3 rings (SSSR count). The molecule has 0 radical (unpaired) electrons. The number of fused-ring (bicyclic) bond motifs is 1. The van der Waals surface area contributed by atoms with Crippen molar-refractivity contribution >= 4 is 11.3 Å². The highest BCUT2D eigenvalue weighted by molar-refractivity contribution is 7.11. The van der Waals surface area contributed by atoms with E-state index in [1.165, 1.54) is 24.3 Å².